The fourth-order valence-corrected chi connectivity index (χ4v) is 3.22. The molecule has 1 saturated heterocycles. The third-order valence-electron chi connectivity index (χ3n) is 4.22. The Kier molecular flexibility index (Phi) is 6.97. The molecular formula is C17H27ClN2O. The number of likely N-dealkylation sites (N-methyl/N-ethyl adjacent to an activating group) is 1. The molecule has 21 heavy (non-hydrogen) atoms. The van der Waals surface area contributed by atoms with Crippen molar-refractivity contribution in [1.29, 1.82) is 0 Å². The first-order chi connectivity index (χ1) is 10.2. The highest BCUT2D eigenvalue weighted by Crippen LogP contribution is 2.25. The molecule has 1 heterocycles. The van der Waals surface area contributed by atoms with E-state index in [1.807, 2.05) is 25.2 Å². The third-order valence-corrected chi connectivity index (χ3v) is 4.56. The quantitative estimate of drug-likeness (QED) is 0.834. The van der Waals surface area contributed by atoms with Gasteiger partial charge >= 0.3 is 0 Å². The molecule has 0 bridgehead atoms. The maximum Gasteiger partial charge on any atom is 0.0701 e. The predicted molar refractivity (Wildman–Crippen MR) is 89.0 cm³/mol. The van der Waals surface area contributed by atoms with Crippen molar-refractivity contribution in [3.63, 3.8) is 0 Å². The summed E-state index contributed by atoms with van der Waals surface area (Å²) in [5.74, 6) is 0. The number of nitrogens with one attached hydrogen (secondary N) is 1. The molecule has 2 rings (SSSR count). The second kappa shape index (κ2) is 8.74. The lowest BCUT2D eigenvalue weighted by Gasteiger charge is -2.28. The smallest absolute Gasteiger partial charge is 0.0701 e. The molecule has 2 atom stereocenters. The summed E-state index contributed by atoms with van der Waals surface area (Å²) in [5, 5.41) is 4.22. The topological polar surface area (TPSA) is 24.5 Å². The average Bonchev–Trinajstić information content (AvgIpc) is 2.50. The van der Waals surface area contributed by atoms with E-state index in [9.17, 15) is 0 Å². The van der Waals surface area contributed by atoms with Crippen LogP contribution in [0.5, 0.6) is 0 Å². The van der Waals surface area contributed by atoms with E-state index < -0.39 is 0 Å². The molecule has 0 spiro atoms. The third kappa shape index (κ3) is 5.26. The SMILES string of the molecule is CNC(CCN(C)CC1CCCCO1)c1ccccc1Cl. The fourth-order valence-electron chi connectivity index (χ4n) is 2.95. The second-order valence-corrected chi connectivity index (χ2v) is 6.31. The first kappa shape index (κ1) is 16.8. The number of hydrogen-bond donors (Lipinski definition) is 1. The van der Waals surface area contributed by atoms with E-state index in [1.165, 1.54) is 24.8 Å². The van der Waals surface area contributed by atoms with Crippen molar-refractivity contribution in [2.75, 3.05) is 33.8 Å². The zero-order valence-electron chi connectivity index (χ0n) is 13.1. The number of halogens is 1. The maximum atomic E-state index is 6.30. The first-order valence-corrected chi connectivity index (χ1v) is 8.30. The summed E-state index contributed by atoms with van der Waals surface area (Å²) in [5.41, 5.74) is 1.18. The molecule has 0 aromatic heterocycles. The van der Waals surface area contributed by atoms with Gasteiger partial charge in [-0.2, -0.15) is 0 Å². The van der Waals surface area contributed by atoms with Gasteiger partial charge in [0.05, 0.1) is 6.10 Å². The average molecular weight is 311 g/mol. The van der Waals surface area contributed by atoms with E-state index in [1.54, 1.807) is 0 Å². The van der Waals surface area contributed by atoms with Crippen LogP contribution >= 0.6 is 11.6 Å². The highest BCUT2D eigenvalue weighted by molar-refractivity contribution is 6.31. The van der Waals surface area contributed by atoms with E-state index in [2.05, 4.69) is 23.3 Å². The van der Waals surface area contributed by atoms with Crippen LogP contribution in [-0.2, 0) is 4.74 Å². The van der Waals surface area contributed by atoms with Crippen molar-refractivity contribution in [3.8, 4) is 0 Å². The lowest BCUT2D eigenvalue weighted by Crippen LogP contribution is -2.35. The van der Waals surface area contributed by atoms with E-state index in [0.717, 1.165) is 31.1 Å². The monoisotopic (exact) mass is 310 g/mol. The lowest BCUT2D eigenvalue weighted by molar-refractivity contribution is -0.00184. The van der Waals surface area contributed by atoms with Gasteiger partial charge < -0.3 is 15.0 Å². The molecule has 1 aromatic carbocycles. The molecule has 1 aromatic rings. The zero-order chi connectivity index (χ0) is 15.1. The summed E-state index contributed by atoms with van der Waals surface area (Å²) in [4.78, 5) is 2.37. The fraction of sp³-hybridized carbons (Fsp3) is 0.647. The number of rotatable bonds is 7. The Morgan fingerprint density at radius 1 is 1.38 bits per heavy atom. The number of benzene rings is 1. The molecule has 1 aliphatic heterocycles. The molecule has 118 valence electrons. The van der Waals surface area contributed by atoms with Crippen LogP contribution in [0.1, 0.15) is 37.3 Å². The van der Waals surface area contributed by atoms with Gasteiger partial charge in [-0.1, -0.05) is 29.8 Å². The molecule has 0 saturated carbocycles. The Morgan fingerprint density at radius 2 is 2.19 bits per heavy atom. The van der Waals surface area contributed by atoms with E-state index in [0.29, 0.717) is 12.1 Å². The Hall–Kier alpha value is -0.610. The van der Waals surface area contributed by atoms with Crippen LogP contribution in [-0.4, -0.2) is 44.8 Å². The van der Waals surface area contributed by atoms with Gasteiger partial charge in [0.25, 0.3) is 0 Å². The van der Waals surface area contributed by atoms with Crippen molar-refractivity contribution in [2.45, 2.75) is 37.8 Å². The van der Waals surface area contributed by atoms with Crippen LogP contribution in [0.4, 0.5) is 0 Å². The summed E-state index contributed by atoms with van der Waals surface area (Å²) < 4.78 is 5.81. The van der Waals surface area contributed by atoms with Crippen molar-refractivity contribution < 1.29 is 4.74 Å². The molecule has 0 radical (unpaired) electrons. The van der Waals surface area contributed by atoms with Crippen LogP contribution in [0.2, 0.25) is 5.02 Å². The highest BCUT2D eigenvalue weighted by Gasteiger charge is 2.17. The van der Waals surface area contributed by atoms with Crippen LogP contribution in [0, 0.1) is 0 Å². The molecule has 4 heteroatoms. The predicted octanol–water partition coefficient (Wildman–Crippen LogP) is 3.49. The summed E-state index contributed by atoms with van der Waals surface area (Å²) in [6.07, 6.45) is 5.18. The summed E-state index contributed by atoms with van der Waals surface area (Å²) in [7, 11) is 4.18. The van der Waals surface area contributed by atoms with Gasteiger partial charge in [-0.15, -0.1) is 0 Å². The van der Waals surface area contributed by atoms with Crippen molar-refractivity contribution >= 4 is 11.6 Å². The van der Waals surface area contributed by atoms with Crippen molar-refractivity contribution in [2.24, 2.45) is 0 Å². The Morgan fingerprint density at radius 3 is 2.86 bits per heavy atom. The molecule has 2 unspecified atom stereocenters. The van der Waals surface area contributed by atoms with Gasteiger partial charge in [0.15, 0.2) is 0 Å². The Labute approximate surface area is 133 Å². The van der Waals surface area contributed by atoms with Gasteiger partial charge in [0, 0.05) is 24.2 Å². The molecule has 0 amide bonds. The molecule has 3 nitrogen and oxygen atoms in total. The minimum Gasteiger partial charge on any atom is -0.377 e. The summed E-state index contributed by atoms with van der Waals surface area (Å²) >= 11 is 6.30. The highest BCUT2D eigenvalue weighted by atomic mass is 35.5. The van der Waals surface area contributed by atoms with Crippen LogP contribution < -0.4 is 5.32 Å². The summed E-state index contributed by atoms with van der Waals surface area (Å²) in [6.45, 7) is 2.99. The standard InChI is InChI=1S/C17H27ClN2O/c1-19-17(15-8-3-4-9-16(15)18)10-11-20(2)13-14-7-5-6-12-21-14/h3-4,8-9,14,17,19H,5-7,10-13H2,1-2H3. The second-order valence-electron chi connectivity index (χ2n) is 5.90. The Bertz CT molecular complexity index is 421. The largest absolute Gasteiger partial charge is 0.377 e. The molecule has 0 aliphatic carbocycles. The number of nitrogens with zero attached hydrogens (tertiary/aromatic N) is 1. The molecular weight excluding hydrogens is 284 g/mol. The van der Waals surface area contributed by atoms with Gasteiger partial charge in [-0.05, 0) is 58.0 Å². The Balaban J connectivity index is 1.81. The van der Waals surface area contributed by atoms with Crippen LogP contribution in [0.25, 0.3) is 0 Å². The van der Waals surface area contributed by atoms with Crippen LogP contribution in [0.3, 0.4) is 0 Å². The molecule has 1 N–H and O–H groups in total. The summed E-state index contributed by atoms with van der Waals surface area (Å²) in [6, 6.07) is 8.39. The normalized spacial score (nSPS) is 20.7. The van der Waals surface area contributed by atoms with E-state index in [4.69, 9.17) is 16.3 Å². The van der Waals surface area contributed by atoms with Gasteiger partial charge in [0.1, 0.15) is 0 Å². The molecule has 1 fully saturated rings. The van der Waals surface area contributed by atoms with E-state index in [-0.39, 0.29) is 0 Å². The van der Waals surface area contributed by atoms with E-state index >= 15 is 0 Å². The van der Waals surface area contributed by atoms with Gasteiger partial charge in [-0.3, -0.25) is 0 Å². The van der Waals surface area contributed by atoms with Gasteiger partial charge in [0.2, 0.25) is 0 Å². The minimum atomic E-state index is 0.299. The number of ether oxygens (including phenoxy) is 1. The first-order valence-electron chi connectivity index (χ1n) is 7.92. The maximum absolute atomic E-state index is 6.30. The zero-order valence-corrected chi connectivity index (χ0v) is 13.9. The number of hydrogen-bond acceptors (Lipinski definition) is 3. The minimum absolute atomic E-state index is 0.299. The van der Waals surface area contributed by atoms with Crippen LogP contribution in [0.15, 0.2) is 24.3 Å². The molecule has 1 aliphatic rings. The lowest BCUT2D eigenvalue weighted by atomic mass is 10.0. The van der Waals surface area contributed by atoms with Crippen molar-refractivity contribution in [1.82, 2.24) is 10.2 Å². The van der Waals surface area contributed by atoms with Crippen molar-refractivity contribution in [3.05, 3.63) is 34.9 Å². The van der Waals surface area contributed by atoms with Gasteiger partial charge in [-0.25, -0.2) is 0 Å².